The number of fused-ring (bicyclic) bond motifs is 3. The van der Waals surface area contributed by atoms with Gasteiger partial charge < -0.3 is 4.74 Å². The monoisotopic (exact) mass is 463 g/mol. The van der Waals surface area contributed by atoms with Crippen molar-refractivity contribution in [2.24, 2.45) is 0 Å². The molecule has 0 atom stereocenters. The molecule has 6 rings (SSSR count). The molecule has 1 aromatic heterocycles. The standard InChI is InChI=1S/C28H25N5O2/c1-18-20(8-9-23-24(18)17-35-27(23)34)15-32-12-10-25-21(16-32)14-30-28(31-25)33-11-3-2-6-22-19(13-29)5-4-7-26(22)33/h3-5,7-9,11,14H,2,6,10,12,15-17H2,1H3. The van der Waals surface area contributed by atoms with E-state index in [2.05, 4.69) is 30.0 Å². The highest BCUT2D eigenvalue weighted by Crippen LogP contribution is 2.33. The predicted molar refractivity (Wildman–Crippen MR) is 131 cm³/mol. The molecule has 0 bridgehead atoms. The minimum atomic E-state index is -0.222. The van der Waals surface area contributed by atoms with Crippen molar-refractivity contribution in [3.8, 4) is 6.07 Å². The van der Waals surface area contributed by atoms with Gasteiger partial charge in [0.25, 0.3) is 0 Å². The average Bonchev–Trinajstić information content (AvgIpc) is 3.12. The number of anilines is 2. The highest BCUT2D eigenvalue weighted by Gasteiger charge is 2.26. The van der Waals surface area contributed by atoms with Crippen molar-refractivity contribution in [2.75, 3.05) is 11.4 Å². The fraction of sp³-hybridized carbons (Fsp3) is 0.286. The van der Waals surface area contributed by atoms with Gasteiger partial charge in [-0.2, -0.15) is 5.26 Å². The zero-order chi connectivity index (χ0) is 23.9. The molecule has 4 heterocycles. The third-order valence-electron chi connectivity index (χ3n) is 7.23. The third-order valence-corrected chi connectivity index (χ3v) is 7.23. The summed E-state index contributed by atoms with van der Waals surface area (Å²) >= 11 is 0. The normalized spacial score (nSPS) is 16.7. The molecule has 0 fully saturated rings. The largest absolute Gasteiger partial charge is 0.457 e. The Labute approximate surface area is 204 Å². The Morgan fingerprint density at radius 2 is 2.09 bits per heavy atom. The van der Waals surface area contributed by atoms with E-state index in [9.17, 15) is 10.1 Å². The van der Waals surface area contributed by atoms with Crippen LogP contribution >= 0.6 is 0 Å². The first-order chi connectivity index (χ1) is 17.1. The second-order valence-electron chi connectivity index (χ2n) is 9.26. The lowest BCUT2D eigenvalue weighted by Crippen LogP contribution is -2.31. The van der Waals surface area contributed by atoms with Crippen LogP contribution in [0.2, 0.25) is 0 Å². The number of esters is 1. The number of nitriles is 1. The zero-order valence-corrected chi connectivity index (χ0v) is 19.6. The molecule has 0 saturated carbocycles. The summed E-state index contributed by atoms with van der Waals surface area (Å²) < 4.78 is 5.21. The molecule has 35 heavy (non-hydrogen) atoms. The molecular formula is C28H25N5O2. The van der Waals surface area contributed by atoms with Crippen LogP contribution in [0, 0.1) is 18.3 Å². The molecule has 0 aliphatic carbocycles. The van der Waals surface area contributed by atoms with Crippen molar-refractivity contribution in [3.05, 3.63) is 93.4 Å². The van der Waals surface area contributed by atoms with Crippen LogP contribution in [0.5, 0.6) is 0 Å². The van der Waals surface area contributed by atoms with E-state index >= 15 is 0 Å². The molecule has 3 aliphatic heterocycles. The van der Waals surface area contributed by atoms with E-state index in [0.29, 0.717) is 23.7 Å². The van der Waals surface area contributed by atoms with Crippen molar-refractivity contribution in [2.45, 2.75) is 45.9 Å². The molecule has 3 aliphatic rings. The molecule has 0 saturated heterocycles. The van der Waals surface area contributed by atoms with E-state index in [1.54, 1.807) is 0 Å². The van der Waals surface area contributed by atoms with E-state index < -0.39 is 0 Å². The van der Waals surface area contributed by atoms with Crippen LogP contribution in [0.25, 0.3) is 0 Å². The lowest BCUT2D eigenvalue weighted by atomic mass is 9.97. The van der Waals surface area contributed by atoms with Crippen LogP contribution in [0.4, 0.5) is 11.6 Å². The summed E-state index contributed by atoms with van der Waals surface area (Å²) in [5.74, 6) is 0.422. The van der Waals surface area contributed by atoms with Gasteiger partial charge in [-0.3, -0.25) is 9.80 Å². The summed E-state index contributed by atoms with van der Waals surface area (Å²) in [5.41, 5.74) is 9.03. The van der Waals surface area contributed by atoms with Crippen molar-refractivity contribution in [1.29, 1.82) is 5.26 Å². The minimum absolute atomic E-state index is 0.222. The maximum absolute atomic E-state index is 11.8. The number of nitrogens with zero attached hydrogens (tertiary/aromatic N) is 5. The Bertz CT molecular complexity index is 1420. The van der Waals surface area contributed by atoms with E-state index in [-0.39, 0.29) is 5.97 Å². The van der Waals surface area contributed by atoms with Gasteiger partial charge in [-0.05, 0) is 54.7 Å². The molecule has 0 amide bonds. The topological polar surface area (TPSA) is 82.3 Å². The van der Waals surface area contributed by atoms with E-state index in [0.717, 1.165) is 72.5 Å². The van der Waals surface area contributed by atoms with Gasteiger partial charge in [-0.25, -0.2) is 14.8 Å². The molecule has 0 N–H and O–H groups in total. The van der Waals surface area contributed by atoms with Gasteiger partial charge in [-0.1, -0.05) is 18.2 Å². The first kappa shape index (κ1) is 21.5. The van der Waals surface area contributed by atoms with Gasteiger partial charge in [0.1, 0.15) is 6.61 Å². The van der Waals surface area contributed by atoms with Gasteiger partial charge in [0.05, 0.1) is 28.6 Å². The maximum atomic E-state index is 11.8. The number of rotatable bonds is 3. The van der Waals surface area contributed by atoms with Crippen LogP contribution in [0.1, 0.15) is 55.9 Å². The fourth-order valence-corrected chi connectivity index (χ4v) is 5.26. The van der Waals surface area contributed by atoms with Crippen LogP contribution in [-0.4, -0.2) is 27.4 Å². The smallest absolute Gasteiger partial charge is 0.338 e. The average molecular weight is 464 g/mol. The second kappa shape index (κ2) is 8.64. The Kier molecular flexibility index (Phi) is 5.31. The quantitative estimate of drug-likeness (QED) is 0.530. The molecule has 7 nitrogen and oxygen atoms in total. The number of hydrogen-bond donors (Lipinski definition) is 0. The fourth-order valence-electron chi connectivity index (χ4n) is 5.26. The lowest BCUT2D eigenvalue weighted by molar-refractivity contribution is 0.0535. The summed E-state index contributed by atoms with van der Waals surface area (Å²) in [6.07, 6.45) is 8.63. The predicted octanol–water partition coefficient (Wildman–Crippen LogP) is 4.48. The first-order valence-corrected chi connectivity index (χ1v) is 12.0. The SMILES string of the molecule is Cc1c(CN2CCc3nc(N4C=CCCc5c(C#N)cccc54)ncc3C2)ccc2c1COC2=O. The van der Waals surface area contributed by atoms with E-state index in [1.165, 1.54) is 5.56 Å². The van der Waals surface area contributed by atoms with Gasteiger partial charge >= 0.3 is 5.97 Å². The van der Waals surface area contributed by atoms with Crippen LogP contribution in [0.15, 0.2) is 48.8 Å². The lowest BCUT2D eigenvalue weighted by Gasteiger charge is -2.29. The van der Waals surface area contributed by atoms with Crippen LogP contribution in [-0.2, 0) is 37.3 Å². The number of allylic oxidation sites excluding steroid dienone is 1. The molecule has 0 unspecified atom stereocenters. The Morgan fingerprint density at radius 3 is 2.97 bits per heavy atom. The summed E-state index contributed by atoms with van der Waals surface area (Å²) in [6, 6.07) is 12.1. The molecule has 7 heteroatoms. The highest BCUT2D eigenvalue weighted by molar-refractivity contribution is 5.93. The van der Waals surface area contributed by atoms with Crippen molar-refractivity contribution >= 4 is 17.6 Å². The number of carbonyl (C=O) groups excluding carboxylic acids is 1. The molecule has 174 valence electrons. The highest BCUT2D eigenvalue weighted by atomic mass is 16.5. The van der Waals surface area contributed by atoms with Gasteiger partial charge in [0.15, 0.2) is 0 Å². The number of hydrogen-bond acceptors (Lipinski definition) is 7. The van der Waals surface area contributed by atoms with Gasteiger partial charge in [-0.15, -0.1) is 0 Å². The number of carbonyl (C=O) groups is 1. The molecule has 2 aromatic carbocycles. The Hall–Kier alpha value is -4.02. The van der Waals surface area contributed by atoms with Crippen molar-refractivity contribution < 1.29 is 9.53 Å². The van der Waals surface area contributed by atoms with Crippen LogP contribution in [0.3, 0.4) is 0 Å². The zero-order valence-electron chi connectivity index (χ0n) is 19.6. The van der Waals surface area contributed by atoms with E-state index in [1.807, 2.05) is 41.6 Å². The molecule has 0 spiro atoms. The second-order valence-corrected chi connectivity index (χ2v) is 9.26. The summed E-state index contributed by atoms with van der Waals surface area (Å²) in [5, 5.41) is 9.56. The number of benzene rings is 2. The summed E-state index contributed by atoms with van der Waals surface area (Å²) in [4.78, 5) is 25.9. The van der Waals surface area contributed by atoms with Gasteiger partial charge in [0, 0.05) is 49.6 Å². The molecular weight excluding hydrogens is 438 g/mol. The molecule has 0 radical (unpaired) electrons. The minimum Gasteiger partial charge on any atom is -0.457 e. The van der Waals surface area contributed by atoms with Gasteiger partial charge in [0.2, 0.25) is 5.95 Å². The third kappa shape index (κ3) is 3.76. The number of cyclic esters (lactones) is 1. The van der Waals surface area contributed by atoms with Crippen molar-refractivity contribution in [3.63, 3.8) is 0 Å². The summed E-state index contributed by atoms with van der Waals surface area (Å²) in [7, 11) is 0. The Morgan fingerprint density at radius 1 is 1.17 bits per heavy atom. The number of ether oxygens (including phenoxy) is 1. The van der Waals surface area contributed by atoms with Crippen molar-refractivity contribution in [1.82, 2.24) is 14.9 Å². The van der Waals surface area contributed by atoms with E-state index in [4.69, 9.17) is 14.7 Å². The number of aromatic nitrogens is 2. The summed E-state index contributed by atoms with van der Waals surface area (Å²) in [6.45, 7) is 4.95. The first-order valence-electron chi connectivity index (χ1n) is 12.0. The molecule has 3 aromatic rings. The van der Waals surface area contributed by atoms with Crippen LogP contribution < -0.4 is 4.90 Å². The Balaban J connectivity index is 1.24. The maximum Gasteiger partial charge on any atom is 0.338 e.